The zero-order valence-electron chi connectivity index (χ0n) is 8.79. The summed E-state index contributed by atoms with van der Waals surface area (Å²) in [6.07, 6.45) is -4.70. The molecule has 86 valence electrons. The zero-order chi connectivity index (χ0) is 11.3. The summed E-state index contributed by atoms with van der Waals surface area (Å²) in [5, 5.41) is 36.7. The summed E-state index contributed by atoms with van der Waals surface area (Å²) in [4.78, 5) is 0. The number of aliphatic hydroxyl groups is 4. The molecule has 4 atom stereocenters. The van der Waals surface area contributed by atoms with E-state index in [1.165, 1.54) is 6.92 Å². The van der Waals surface area contributed by atoms with Gasteiger partial charge in [0.1, 0.15) is 18.3 Å². The van der Waals surface area contributed by atoms with E-state index in [0.29, 0.717) is 0 Å². The van der Waals surface area contributed by atoms with Gasteiger partial charge < -0.3 is 25.2 Å². The first-order valence-electron chi connectivity index (χ1n) is 4.70. The maximum absolute atomic E-state index is 9.50. The molecule has 0 aliphatic carbocycles. The Morgan fingerprint density at radius 2 is 1.50 bits per heavy atom. The smallest absolute Gasteiger partial charge is 0.111 e. The Kier molecular flexibility index (Phi) is 6.22. The molecule has 3 unspecified atom stereocenters. The highest BCUT2D eigenvalue weighted by molar-refractivity contribution is 4.79. The maximum atomic E-state index is 9.50. The van der Waals surface area contributed by atoms with Crippen molar-refractivity contribution in [2.24, 2.45) is 0 Å². The van der Waals surface area contributed by atoms with Crippen molar-refractivity contribution < 1.29 is 25.2 Å². The predicted octanol–water partition coefficient (Wildman–Crippen LogP) is -1.13. The predicted molar refractivity (Wildman–Crippen MR) is 50.8 cm³/mol. The quantitative estimate of drug-likeness (QED) is 0.444. The Bertz CT molecular complexity index is 148. The van der Waals surface area contributed by atoms with E-state index in [1.807, 2.05) is 0 Å². The number of hydrogen-bond donors (Lipinski definition) is 4. The Labute approximate surface area is 83.9 Å². The van der Waals surface area contributed by atoms with Crippen LogP contribution in [0, 0.1) is 0 Å². The van der Waals surface area contributed by atoms with Crippen molar-refractivity contribution in [2.75, 3.05) is 6.61 Å². The summed E-state index contributed by atoms with van der Waals surface area (Å²) in [5.74, 6) is 0. The summed E-state index contributed by atoms with van der Waals surface area (Å²) in [6.45, 7) is 4.47. The van der Waals surface area contributed by atoms with E-state index in [2.05, 4.69) is 0 Å². The molecule has 0 aromatic carbocycles. The fourth-order valence-corrected chi connectivity index (χ4v) is 1.09. The average molecular weight is 208 g/mol. The molecule has 4 N–H and O–H groups in total. The van der Waals surface area contributed by atoms with Gasteiger partial charge in [0.2, 0.25) is 0 Å². The lowest BCUT2D eigenvalue weighted by Gasteiger charge is -2.28. The molecular weight excluding hydrogens is 188 g/mol. The maximum Gasteiger partial charge on any atom is 0.111 e. The molecule has 0 amide bonds. The summed E-state index contributed by atoms with van der Waals surface area (Å²) in [7, 11) is 0. The van der Waals surface area contributed by atoms with Crippen LogP contribution in [0.2, 0.25) is 0 Å². The van der Waals surface area contributed by atoms with Crippen molar-refractivity contribution in [3.63, 3.8) is 0 Å². The van der Waals surface area contributed by atoms with E-state index in [9.17, 15) is 10.2 Å². The minimum absolute atomic E-state index is 0.164. The lowest BCUT2D eigenvalue weighted by atomic mass is 10.0. The van der Waals surface area contributed by atoms with Crippen LogP contribution in [0.15, 0.2) is 0 Å². The molecule has 0 rings (SSSR count). The molecular formula is C9H20O5. The number of ether oxygens (including phenoxy) is 1. The van der Waals surface area contributed by atoms with Crippen molar-refractivity contribution in [3.8, 4) is 0 Å². The molecule has 0 aliphatic heterocycles. The standard InChI is InChI=1S/C9H20O5/c1-5(2)14-7(4-10)9(13)8(12)6(3)11/h5-13H,4H2,1-3H3/t6-,7?,8?,9?/m0/s1. The molecule has 0 saturated heterocycles. The highest BCUT2D eigenvalue weighted by atomic mass is 16.5. The molecule has 14 heavy (non-hydrogen) atoms. The third kappa shape index (κ3) is 4.34. The summed E-state index contributed by atoms with van der Waals surface area (Å²) < 4.78 is 5.16. The van der Waals surface area contributed by atoms with Crippen LogP contribution in [0.3, 0.4) is 0 Å². The summed E-state index contributed by atoms with van der Waals surface area (Å²) in [6, 6.07) is 0. The summed E-state index contributed by atoms with van der Waals surface area (Å²) >= 11 is 0. The van der Waals surface area contributed by atoms with Crippen LogP contribution in [0.5, 0.6) is 0 Å². The first kappa shape index (κ1) is 13.8. The lowest BCUT2D eigenvalue weighted by molar-refractivity contribution is -0.144. The minimum atomic E-state index is -1.31. The van der Waals surface area contributed by atoms with Gasteiger partial charge in [-0.3, -0.25) is 0 Å². The van der Waals surface area contributed by atoms with E-state index in [1.54, 1.807) is 13.8 Å². The van der Waals surface area contributed by atoms with Gasteiger partial charge in [-0.1, -0.05) is 0 Å². The van der Waals surface area contributed by atoms with Gasteiger partial charge in [0.25, 0.3) is 0 Å². The lowest BCUT2D eigenvalue weighted by Crippen LogP contribution is -2.46. The first-order chi connectivity index (χ1) is 6.40. The molecule has 5 nitrogen and oxygen atoms in total. The molecule has 0 heterocycles. The Balaban J connectivity index is 4.22. The fourth-order valence-electron chi connectivity index (χ4n) is 1.09. The number of aliphatic hydroxyl groups excluding tert-OH is 4. The Morgan fingerprint density at radius 1 is 1.00 bits per heavy atom. The van der Waals surface area contributed by atoms with E-state index in [-0.39, 0.29) is 6.10 Å². The van der Waals surface area contributed by atoms with Gasteiger partial charge in [-0.2, -0.15) is 0 Å². The van der Waals surface area contributed by atoms with Crippen LogP contribution in [-0.4, -0.2) is 57.6 Å². The molecule has 0 aromatic rings. The molecule has 0 radical (unpaired) electrons. The highest BCUT2D eigenvalue weighted by Crippen LogP contribution is 2.09. The van der Waals surface area contributed by atoms with Gasteiger partial charge >= 0.3 is 0 Å². The van der Waals surface area contributed by atoms with Gasteiger partial charge in [-0.15, -0.1) is 0 Å². The minimum Gasteiger partial charge on any atom is -0.394 e. The molecule has 0 spiro atoms. The van der Waals surface area contributed by atoms with Gasteiger partial charge in [0, 0.05) is 0 Å². The second-order valence-electron chi connectivity index (χ2n) is 3.63. The molecule has 0 fully saturated rings. The zero-order valence-corrected chi connectivity index (χ0v) is 8.79. The summed E-state index contributed by atoms with van der Waals surface area (Å²) in [5.41, 5.74) is 0. The third-order valence-corrected chi connectivity index (χ3v) is 1.85. The van der Waals surface area contributed by atoms with Crippen molar-refractivity contribution >= 4 is 0 Å². The van der Waals surface area contributed by atoms with Gasteiger partial charge in [0.15, 0.2) is 0 Å². The van der Waals surface area contributed by atoms with E-state index in [4.69, 9.17) is 14.9 Å². The Morgan fingerprint density at radius 3 is 1.79 bits per heavy atom. The van der Waals surface area contributed by atoms with Gasteiger partial charge in [-0.25, -0.2) is 0 Å². The van der Waals surface area contributed by atoms with Gasteiger partial charge in [-0.05, 0) is 20.8 Å². The van der Waals surface area contributed by atoms with E-state index >= 15 is 0 Å². The second kappa shape index (κ2) is 6.31. The van der Waals surface area contributed by atoms with Crippen LogP contribution in [-0.2, 0) is 4.74 Å². The number of hydrogen-bond acceptors (Lipinski definition) is 5. The van der Waals surface area contributed by atoms with Crippen LogP contribution in [0.4, 0.5) is 0 Å². The average Bonchev–Trinajstić information content (AvgIpc) is 2.11. The van der Waals surface area contributed by atoms with Crippen LogP contribution in [0.1, 0.15) is 20.8 Å². The second-order valence-corrected chi connectivity index (χ2v) is 3.63. The molecule has 5 heteroatoms. The molecule has 0 aromatic heterocycles. The third-order valence-electron chi connectivity index (χ3n) is 1.85. The molecule has 0 bridgehead atoms. The normalized spacial score (nSPS) is 20.6. The van der Waals surface area contributed by atoms with Crippen molar-refractivity contribution in [2.45, 2.75) is 51.3 Å². The van der Waals surface area contributed by atoms with E-state index in [0.717, 1.165) is 0 Å². The monoisotopic (exact) mass is 208 g/mol. The number of rotatable bonds is 6. The Hall–Kier alpha value is -0.200. The topological polar surface area (TPSA) is 90.2 Å². The van der Waals surface area contributed by atoms with Crippen molar-refractivity contribution in [1.82, 2.24) is 0 Å². The van der Waals surface area contributed by atoms with Crippen LogP contribution in [0.25, 0.3) is 0 Å². The molecule has 0 saturated carbocycles. The largest absolute Gasteiger partial charge is 0.394 e. The van der Waals surface area contributed by atoms with Crippen molar-refractivity contribution in [3.05, 3.63) is 0 Å². The SMILES string of the molecule is CC(C)OC(CO)C(O)C(O)[C@H](C)O. The first-order valence-corrected chi connectivity index (χ1v) is 4.70. The highest BCUT2D eigenvalue weighted by Gasteiger charge is 2.30. The van der Waals surface area contributed by atoms with Gasteiger partial charge in [0.05, 0.1) is 18.8 Å². The van der Waals surface area contributed by atoms with Crippen molar-refractivity contribution in [1.29, 1.82) is 0 Å². The molecule has 0 aliphatic rings. The van der Waals surface area contributed by atoms with Crippen LogP contribution < -0.4 is 0 Å². The fraction of sp³-hybridized carbons (Fsp3) is 1.00. The van der Waals surface area contributed by atoms with Crippen LogP contribution >= 0.6 is 0 Å². The van der Waals surface area contributed by atoms with E-state index < -0.39 is 31.0 Å².